The standard InChI is InChI=1S/C15H22Cl2N2/c1-2-3-4-11-10-19(8-7-15(11)18)12-5-6-13(16)14(17)9-12/h5-6,9,11,15H,2-4,7-8,10,18H2,1H3. The second-order valence-corrected chi connectivity index (χ2v) is 6.21. The third-order valence-corrected chi connectivity index (χ3v) is 4.73. The summed E-state index contributed by atoms with van der Waals surface area (Å²) in [6, 6.07) is 6.21. The molecule has 2 atom stereocenters. The molecule has 1 saturated heterocycles. The van der Waals surface area contributed by atoms with Gasteiger partial charge < -0.3 is 10.6 Å². The van der Waals surface area contributed by atoms with Gasteiger partial charge in [-0.05, 0) is 37.0 Å². The lowest BCUT2D eigenvalue weighted by Crippen LogP contribution is -2.47. The molecule has 1 aromatic carbocycles. The van der Waals surface area contributed by atoms with Crippen LogP contribution >= 0.6 is 23.2 Å². The highest BCUT2D eigenvalue weighted by Gasteiger charge is 2.26. The molecular weight excluding hydrogens is 279 g/mol. The van der Waals surface area contributed by atoms with Crippen LogP contribution in [0.1, 0.15) is 32.6 Å². The van der Waals surface area contributed by atoms with Crippen molar-refractivity contribution in [3.05, 3.63) is 28.2 Å². The summed E-state index contributed by atoms with van der Waals surface area (Å²) >= 11 is 12.1. The largest absolute Gasteiger partial charge is 0.371 e. The molecule has 0 amide bonds. The summed E-state index contributed by atoms with van der Waals surface area (Å²) < 4.78 is 0. The monoisotopic (exact) mass is 300 g/mol. The molecule has 19 heavy (non-hydrogen) atoms. The Morgan fingerprint density at radius 1 is 1.32 bits per heavy atom. The first kappa shape index (κ1) is 15.0. The lowest BCUT2D eigenvalue weighted by molar-refractivity contribution is 0.330. The van der Waals surface area contributed by atoms with E-state index in [9.17, 15) is 0 Å². The molecule has 1 fully saturated rings. The van der Waals surface area contributed by atoms with E-state index in [0.29, 0.717) is 22.0 Å². The first-order valence-corrected chi connectivity index (χ1v) is 7.83. The highest BCUT2D eigenvalue weighted by Crippen LogP contribution is 2.30. The fraction of sp³-hybridized carbons (Fsp3) is 0.600. The molecule has 106 valence electrons. The number of anilines is 1. The summed E-state index contributed by atoms with van der Waals surface area (Å²) in [5.41, 5.74) is 7.40. The molecule has 0 spiro atoms. The smallest absolute Gasteiger partial charge is 0.0612 e. The van der Waals surface area contributed by atoms with Crippen LogP contribution in [-0.2, 0) is 0 Å². The van der Waals surface area contributed by atoms with Crippen LogP contribution in [0.25, 0.3) is 0 Å². The minimum Gasteiger partial charge on any atom is -0.371 e. The predicted molar refractivity (Wildman–Crippen MR) is 84.3 cm³/mol. The van der Waals surface area contributed by atoms with Gasteiger partial charge in [0.1, 0.15) is 0 Å². The number of hydrogen-bond acceptors (Lipinski definition) is 2. The Hall–Kier alpha value is -0.440. The van der Waals surface area contributed by atoms with E-state index >= 15 is 0 Å². The average Bonchev–Trinajstić information content (AvgIpc) is 2.41. The number of benzene rings is 1. The van der Waals surface area contributed by atoms with Crippen LogP contribution in [0.2, 0.25) is 10.0 Å². The maximum atomic E-state index is 6.24. The van der Waals surface area contributed by atoms with E-state index in [1.165, 1.54) is 19.3 Å². The van der Waals surface area contributed by atoms with Gasteiger partial charge in [0.2, 0.25) is 0 Å². The van der Waals surface area contributed by atoms with Gasteiger partial charge in [0, 0.05) is 24.8 Å². The van der Waals surface area contributed by atoms with Crippen LogP contribution in [0.15, 0.2) is 18.2 Å². The topological polar surface area (TPSA) is 29.3 Å². The summed E-state index contributed by atoms with van der Waals surface area (Å²) in [5.74, 6) is 0.586. The Morgan fingerprint density at radius 2 is 2.11 bits per heavy atom. The molecule has 1 heterocycles. The molecule has 2 N–H and O–H groups in total. The molecule has 1 aromatic rings. The molecule has 4 heteroatoms. The predicted octanol–water partition coefficient (Wildman–Crippen LogP) is 4.34. The first-order chi connectivity index (χ1) is 9.11. The Balaban J connectivity index is 2.06. The van der Waals surface area contributed by atoms with Crippen molar-refractivity contribution in [2.75, 3.05) is 18.0 Å². The zero-order valence-corrected chi connectivity index (χ0v) is 12.9. The van der Waals surface area contributed by atoms with Gasteiger partial charge in [-0.2, -0.15) is 0 Å². The molecule has 0 aromatic heterocycles. The fourth-order valence-electron chi connectivity index (χ4n) is 2.74. The number of hydrogen-bond donors (Lipinski definition) is 1. The van der Waals surface area contributed by atoms with Gasteiger partial charge in [-0.25, -0.2) is 0 Å². The minimum atomic E-state index is 0.338. The highest BCUT2D eigenvalue weighted by molar-refractivity contribution is 6.42. The summed E-state index contributed by atoms with van der Waals surface area (Å²) in [4.78, 5) is 2.38. The van der Waals surface area contributed by atoms with Crippen molar-refractivity contribution in [3.63, 3.8) is 0 Å². The van der Waals surface area contributed by atoms with Gasteiger partial charge >= 0.3 is 0 Å². The molecule has 2 unspecified atom stereocenters. The molecule has 0 radical (unpaired) electrons. The maximum absolute atomic E-state index is 6.24. The van der Waals surface area contributed by atoms with Crippen molar-refractivity contribution in [2.45, 2.75) is 38.6 Å². The van der Waals surface area contributed by atoms with Crippen molar-refractivity contribution in [3.8, 4) is 0 Å². The van der Waals surface area contributed by atoms with E-state index in [0.717, 1.165) is 25.2 Å². The van der Waals surface area contributed by atoms with E-state index < -0.39 is 0 Å². The Morgan fingerprint density at radius 3 is 2.79 bits per heavy atom. The molecule has 0 aliphatic carbocycles. The van der Waals surface area contributed by atoms with Crippen molar-refractivity contribution < 1.29 is 0 Å². The number of unbranched alkanes of at least 4 members (excludes halogenated alkanes) is 1. The average molecular weight is 301 g/mol. The van der Waals surface area contributed by atoms with E-state index in [1.807, 2.05) is 18.2 Å². The minimum absolute atomic E-state index is 0.338. The summed E-state index contributed by atoms with van der Waals surface area (Å²) in [7, 11) is 0. The number of nitrogens with two attached hydrogens (primary N) is 1. The molecule has 2 nitrogen and oxygen atoms in total. The lowest BCUT2D eigenvalue weighted by Gasteiger charge is -2.38. The number of nitrogens with zero attached hydrogens (tertiary/aromatic N) is 1. The highest BCUT2D eigenvalue weighted by atomic mass is 35.5. The van der Waals surface area contributed by atoms with Gasteiger partial charge in [-0.1, -0.05) is 43.0 Å². The normalized spacial score (nSPS) is 23.7. The number of piperidine rings is 1. The maximum Gasteiger partial charge on any atom is 0.0612 e. The quantitative estimate of drug-likeness (QED) is 0.896. The van der Waals surface area contributed by atoms with E-state index in [2.05, 4.69) is 11.8 Å². The SMILES string of the molecule is CCCCC1CN(c2ccc(Cl)c(Cl)c2)CCC1N. The van der Waals surface area contributed by atoms with Gasteiger partial charge in [0.15, 0.2) is 0 Å². The third-order valence-electron chi connectivity index (χ3n) is 3.99. The van der Waals surface area contributed by atoms with Crippen LogP contribution in [-0.4, -0.2) is 19.1 Å². The molecular formula is C15H22Cl2N2. The van der Waals surface area contributed by atoms with E-state index in [-0.39, 0.29) is 0 Å². The van der Waals surface area contributed by atoms with E-state index in [4.69, 9.17) is 28.9 Å². The molecule has 0 saturated carbocycles. The Labute approximate surface area is 125 Å². The van der Waals surface area contributed by atoms with Gasteiger partial charge in [-0.15, -0.1) is 0 Å². The zero-order chi connectivity index (χ0) is 13.8. The van der Waals surface area contributed by atoms with Crippen LogP contribution in [0.4, 0.5) is 5.69 Å². The second-order valence-electron chi connectivity index (χ2n) is 5.40. The number of rotatable bonds is 4. The van der Waals surface area contributed by atoms with Gasteiger partial charge in [0.25, 0.3) is 0 Å². The van der Waals surface area contributed by atoms with Crippen LogP contribution < -0.4 is 10.6 Å². The first-order valence-electron chi connectivity index (χ1n) is 7.07. The molecule has 1 aliphatic rings. The van der Waals surface area contributed by atoms with Crippen LogP contribution in [0.3, 0.4) is 0 Å². The number of halogens is 2. The van der Waals surface area contributed by atoms with Crippen LogP contribution in [0.5, 0.6) is 0 Å². The Bertz CT molecular complexity index is 423. The third kappa shape index (κ3) is 3.77. The summed E-state index contributed by atoms with van der Waals surface area (Å²) in [5, 5.41) is 1.24. The molecule has 1 aliphatic heterocycles. The van der Waals surface area contributed by atoms with Crippen molar-refractivity contribution in [1.82, 2.24) is 0 Å². The van der Waals surface area contributed by atoms with Crippen LogP contribution in [0, 0.1) is 5.92 Å². The molecule has 2 rings (SSSR count). The van der Waals surface area contributed by atoms with E-state index in [1.54, 1.807) is 0 Å². The Kier molecular flexibility index (Phi) is 5.37. The summed E-state index contributed by atoms with van der Waals surface area (Å²) in [6.07, 6.45) is 4.76. The fourth-order valence-corrected chi connectivity index (χ4v) is 3.03. The van der Waals surface area contributed by atoms with Crippen molar-refractivity contribution in [2.24, 2.45) is 11.7 Å². The van der Waals surface area contributed by atoms with Gasteiger partial charge in [0.05, 0.1) is 10.0 Å². The molecule has 0 bridgehead atoms. The zero-order valence-electron chi connectivity index (χ0n) is 11.4. The lowest BCUT2D eigenvalue weighted by atomic mass is 9.88. The summed E-state index contributed by atoms with van der Waals surface area (Å²) in [6.45, 7) is 4.26. The second kappa shape index (κ2) is 6.83. The van der Waals surface area contributed by atoms with Gasteiger partial charge in [-0.3, -0.25) is 0 Å². The van der Waals surface area contributed by atoms with Crippen molar-refractivity contribution in [1.29, 1.82) is 0 Å². The van der Waals surface area contributed by atoms with Crippen molar-refractivity contribution >= 4 is 28.9 Å².